The lowest BCUT2D eigenvalue weighted by Gasteiger charge is -2.33. The fourth-order valence-corrected chi connectivity index (χ4v) is 5.27. The number of aliphatic carboxylic acids is 1. The third kappa shape index (κ3) is 5.90. The first-order chi connectivity index (χ1) is 18.6. The van der Waals surface area contributed by atoms with Gasteiger partial charge in [-0.3, -0.25) is 9.59 Å². The molecule has 12 heteroatoms. The van der Waals surface area contributed by atoms with Crippen LogP contribution in [0.3, 0.4) is 0 Å². The Morgan fingerprint density at radius 3 is 2.46 bits per heavy atom. The molecule has 208 valence electrons. The highest BCUT2D eigenvalue weighted by Crippen LogP contribution is 2.37. The zero-order chi connectivity index (χ0) is 27.7. The predicted octanol–water partition coefficient (Wildman–Crippen LogP) is 2.74. The van der Waals surface area contributed by atoms with Crippen molar-refractivity contribution >= 4 is 29.5 Å². The summed E-state index contributed by atoms with van der Waals surface area (Å²) in [5.41, 5.74) is 0.994. The molecule has 3 N–H and O–H groups in total. The molecular weight excluding hydrogens is 504 g/mol. The molecule has 5 rings (SSSR count). The van der Waals surface area contributed by atoms with E-state index < -0.39 is 11.6 Å². The minimum Gasteiger partial charge on any atom is -0.481 e. The van der Waals surface area contributed by atoms with Crippen LogP contribution in [0, 0.1) is 0 Å². The highest BCUT2D eigenvalue weighted by molar-refractivity contribution is 6.03. The molecule has 12 nitrogen and oxygen atoms in total. The number of carboxylic acid groups (broad SMARTS) is 1. The van der Waals surface area contributed by atoms with Gasteiger partial charge in [-0.15, -0.1) is 0 Å². The maximum absolute atomic E-state index is 13.9. The number of benzene rings is 1. The molecule has 0 saturated carbocycles. The van der Waals surface area contributed by atoms with Crippen molar-refractivity contribution in [1.82, 2.24) is 20.2 Å². The van der Waals surface area contributed by atoms with Crippen molar-refractivity contribution in [2.75, 3.05) is 42.9 Å². The molecule has 39 heavy (non-hydrogen) atoms. The first-order valence-corrected chi connectivity index (χ1v) is 13.3. The fourth-order valence-electron chi connectivity index (χ4n) is 5.27. The molecule has 0 radical (unpaired) electrons. The number of amides is 3. The van der Waals surface area contributed by atoms with Crippen LogP contribution in [0.15, 0.2) is 24.3 Å². The standard InChI is InChI=1S/C27H34N6O6/c1-4-28-26(37)29-17-7-5-16(6-8-17)22-21-23(31-25(30-22)33-13-18-9-10-19(14-33)38-18)39-27(2,3)15-32(24(21)36)12-11-20(34)35/h5-8,18-19H,4,9-15H2,1-3H3,(H,34,35)(H2,28,29,37). The van der Waals surface area contributed by atoms with Crippen molar-refractivity contribution in [1.29, 1.82) is 0 Å². The van der Waals surface area contributed by atoms with Crippen LogP contribution in [-0.2, 0) is 9.53 Å². The summed E-state index contributed by atoms with van der Waals surface area (Å²) in [4.78, 5) is 50.4. The number of carboxylic acids is 1. The van der Waals surface area contributed by atoms with Crippen LogP contribution in [0.2, 0.25) is 0 Å². The van der Waals surface area contributed by atoms with Crippen molar-refractivity contribution in [3.63, 3.8) is 0 Å². The normalized spacial score (nSPS) is 21.6. The zero-order valence-electron chi connectivity index (χ0n) is 22.4. The van der Waals surface area contributed by atoms with Gasteiger partial charge in [0.2, 0.25) is 11.8 Å². The lowest BCUT2D eigenvalue weighted by atomic mass is 10.0. The smallest absolute Gasteiger partial charge is 0.319 e. The van der Waals surface area contributed by atoms with E-state index in [-0.39, 0.29) is 55.1 Å². The number of nitrogens with zero attached hydrogens (tertiary/aromatic N) is 4. The van der Waals surface area contributed by atoms with Gasteiger partial charge in [0.05, 0.1) is 30.9 Å². The molecule has 2 saturated heterocycles. The molecule has 2 fully saturated rings. The molecule has 0 spiro atoms. The van der Waals surface area contributed by atoms with Gasteiger partial charge in [0, 0.05) is 37.4 Å². The number of carbonyl (C=O) groups excluding carboxylic acids is 2. The Morgan fingerprint density at radius 1 is 1.13 bits per heavy atom. The molecule has 0 aliphatic carbocycles. The van der Waals surface area contributed by atoms with Crippen LogP contribution >= 0.6 is 0 Å². The fraction of sp³-hybridized carbons (Fsp3) is 0.519. The number of hydrogen-bond donors (Lipinski definition) is 3. The summed E-state index contributed by atoms with van der Waals surface area (Å²) in [6, 6.07) is 6.72. The van der Waals surface area contributed by atoms with E-state index in [9.17, 15) is 19.5 Å². The van der Waals surface area contributed by atoms with Crippen molar-refractivity contribution < 1.29 is 29.0 Å². The average Bonchev–Trinajstić information content (AvgIpc) is 3.18. The SMILES string of the molecule is CCNC(=O)Nc1ccc(-c2nc(N3CC4CCC(C3)O4)nc3c2C(=O)N(CCC(=O)O)CC(C)(C)O3)cc1. The number of rotatable bonds is 7. The van der Waals surface area contributed by atoms with Crippen LogP contribution in [0.5, 0.6) is 5.88 Å². The predicted molar refractivity (Wildman–Crippen MR) is 143 cm³/mol. The molecule has 2 unspecified atom stereocenters. The van der Waals surface area contributed by atoms with Gasteiger partial charge in [0.15, 0.2) is 0 Å². The van der Waals surface area contributed by atoms with Crippen molar-refractivity contribution in [2.45, 2.75) is 57.8 Å². The number of nitrogens with one attached hydrogen (secondary N) is 2. The minimum atomic E-state index is -0.991. The second-order valence-corrected chi connectivity index (χ2v) is 10.7. The summed E-state index contributed by atoms with van der Waals surface area (Å²) in [7, 11) is 0. The van der Waals surface area contributed by atoms with Gasteiger partial charge < -0.3 is 35.0 Å². The first-order valence-electron chi connectivity index (χ1n) is 13.3. The van der Waals surface area contributed by atoms with Gasteiger partial charge in [-0.05, 0) is 45.7 Å². The Balaban J connectivity index is 1.58. The van der Waals surface area contributed by atoms with E-state index in [1.807, 2.05) is 20.8 Å². The van der Waals surface area contributed by atoms with Gasteiger partial charge >= 0.3 is 12.0 Å². The number of anilines is 2. The van der Waals surface area contributed by atoms with Crippen LogP contribution < -0.4 is 20.3 Å². The van der Waals surface area contributed by atoms with Crippen molar-refractivity contribution in [3.8, 4) is 17.1 Å². The molecular formula is C27H34N6O6. The van der Waals surface area contributed by atoms with Crippen LogP contribution in [-0.4, -0.2) is 88.4 Å². The topological polar surface area (TPSA) is 146 Å². The number of morpholine rings is 1. The second-order valence-electron chi connectivity index (χ2n) is 10.7. The lowest BCUT2D eigenvalue weighted by molar-refractivity contribution is -0.137. The molecule has 1 aromatic heterocycles. The van der Waals surface area contributed by atoms with Crippen LogP contribution in [0.1, 0.15) is 50.4 Å². The van der Waals surface area contributed by atoms with E-state index in [1.165, 1.54) is 4.90 Å². The summed E-state index contributed by atoms with van der Waals surface area (Å²) in [5.74, 6) is -0.748. The highest BCUT2D eigenvalue weighted by atomic mass is 16.5. The van der Waals surface area contributed by atoms with Gasteiger partial charge in [0.25, 0.3) is 5.91 Å². The summed E-state index contributed by atoms with van der Waals surface area (Å²) in [6.45, 7) is 7.55. The molecule has 1 aromatic carbocycles. The highest BCUT2D eigenvalue weighted by Gasteiger charge is 2.40. The quantitative estimate of drug-likeness (QED) is 0.484. The summed E-state index contributed by atoms with van der Waals surface area (Å²) in [6.07, 6.45) is 2.00. The van der Waals surface area contributed by atoms with Crippen molar-refractivity contribution in [3.05, 3.63) is 29.8 Å². The summed E-state index contributed by atoms with van der Waals surface area (Å²) < 4.78 is 12.3. The van der Waals surface area contributed by atoms with E-state index in [0.29, 0.717) is 42.5 Å². The van der Waals surface area contributed by atoms with Gasteiger partial charge in [-0.2, -0.15) is 4.98 Å². The monoisotopic (exact) mass is 538 g/mol. The molecule has 2 aromatic rings. The Bertz CT molecular complexity index is 1250. The molecule has 2 atom stereocenters. The number of fused-ring (bicyclic) bond motifs is 3. The van der Waals surface area contributed by atoms with Gasteiger partial charge in [0.1, 0.15) is 11.2 Å². The van der Waals surface area contributed by atoms with Crippen LogP contribution in [0.25, 0.3) is 11.3 Å². The Labute approximate surface area is 226 Å². The molecule has 3 amide bonds. The number of ether oxygens (including phenoxy) is 2. The van der Waals surface area contributed by atoms with E-state index in [2.05, 4.69) is 15.5 Å². The number of aromatic nitrogens is 2. The van der Waals surface area contributed by atoms with E-state index >= 15 is 0 Å². The number of urea groups is 1. The third-order valence-electron chi connectivity index (χ3n) is 6.99. The Hall–Kier alpha value is -3.93. The molecule has 2 bridgehead atoms. The summed E-state index contributed by atoms with van der Waals surface area (Å²) in [5, 5.41) is 14.7. The lowest BCUT2D eigenvalue weighted by Crippen LogP contribution is -2.44. The largest absolute Gasteiger partial charge is 0.481 e. The first kappa shape index (κ1) is 26.7. The van der Waals surface area contributed by atoms with Gasteiger partial charge in [-0.25, -0.2) is 9.78 Å². The number of hydrogen-bond acceptors (Lipinski definition) is 8. The average molecular weight is 539 g/mol. The van der Waals surface area contributed by atoms with Crippen molar-refractivity contribution in [2.24, 2.45) is 0 Å². The molecule has 3 aliphatic rings. The van der Waals surface area contributed by atoms with E-state index in [1.54, 1.807) is 24.3 Å². The molecule has 4 heterocycles. The van der Waals surface area contributed by atoms with E-state index in [0.717, 1.165) is 12.8 Å². The zero-order valence-corrected chi connectivity index (χ0v) is 22.4. The summed E-state index contributed by atoms with van der Waals surface area (Å²) >= 11 is 0. The number of carbonyl (C=O) groups is 3. The minimum absolute atomic E-state index is 0.0316. The Kier molecular flexibility index (Phi) is 7.30. The third-order valence-corrected chi connectivity index (χ3v) is 6.99. The molecule has 3 aliphatic heterocycles. The Morgan fingerprint density at radius 2 is 1.82 bits per heavy atom. The van der Waals surface area contributed by atoms with Gasteiger partial charge in [-0.1, -0.05) is 12.1 Å². The second kappa shape index (κ2) is 10.7. The van der Waals surface area contributed by atoms with E-state index in [4.69, 9.17) is 19.4 Å². The maximum atomic E-state index is 13.9. The maximum Gasteiger partial charge on any atom is 0.319 e. The van der Waals surface area contributed by atoms with Crippen LogP contribution in [0.4, 0.5) is 16.4 Å².